The first-order valence-corrected chi connectivity index (χ1v) is 14.7. The summed E-state index contributed by atoms with van der Waals surface area (Å²) in [6.07, 6.45) is 3.05. The number of benzene rings is 2. The van der Waals surface area contributed by atoms with Gasteiger partial charge >= 0.3 is 5.97 Å². The van der Waals surface area contributed by atoms with Crippen molar-refractivity contribution in [1.29, 1.82) is 0 Å². The van der Waals surface area contributed by atoms with Crippen LogP contribution in [0.25, 0.3) is 6.08 Å². The van der Waals surface area contributed by atoms with Crippen LogP contribution in [0.1, 0.15) is 57.7 Å². The first-order chi connectivity index (χ1) is 18.7. The fourth-order valence-corrected chi connectivity index (χ4v) is 6.04. The van der Waals surface area contributed by atoms with Crippen molar-refractivity contribution in [3.63, 3.8) is 0 Å². The van der Waals surface area contributed by atoms with Gasteiger partial charge in [-0.15, -0.1) is 0 Å². The van der Waals surface area contributed by atoms with Gasteiger partial charge < -0.3 is 14.2 Å². The Kier molecular flexibility index (Phi) is 9.35. The summed E-state index contributed by atoms with van der Waals surface area (Å²) in [4.78, 5) is 32.8. The molecule has 7 nitrogen and oxygen atoms in total. The van der Waals surface area contributed by atoms with E-state index in [4.69, 9.17) is 30.8 Å². The quantitative estimate of drug-likeness (QED) is 0.279. The van der Waals surface area contributed by atoms with Crippen LogP contribution in [0.5, 0.6) is 11.5 Å². The molecule has 0 radical (unpaired) electrons. The number of esters is 1. The lowest BCUT2D eigenvalue weighted by atomic mass is 9.93. The van der Waals surface area contributed by atoms with Gasteiger partial charge in [0.15, 0.2) is 4.80 Å². The number of rotatable bonds is 9. The van der Waals surface area contributed by atoms with Crippen LogP contribution >= 0.6 is 38.9 Å². The summed E-state index contributed by atoms with van der Waals surface area (Å²) in [6.45, 7) is 7.84. The SMILES string of the molecule is CCCC1=C(C(=O)OCC)[C@@H](c2cc(Cl)ccc2OC)n2c(s/c(=C\c3cc(Br)ccc3OC(C)C)c2=O)=N1. The highest BCUT2D eigenvalue weighted by molar-refractivity contribution is 9.10. The first kappa shape index (κ1) is 29.1. The minimum Gasteiger partial charge on any atom is -0.496 e. The molecule has 4 rings (SSSR count). The smallest absolute Gasteiger partial charge is 0.338 e. The third-order valence-corrected chi connectivity index (χ3v) is 7.71. The van der Waals surface area contributed by atoms with Gasteiger partial charge in [-0.25, -0.2) is 9.79 Å². The number of halogens is 2. The molecule has 0 fully saturated rings. The fourth-order valence-electron chi connectivity index (χ4n) is 4.47. The molecule has 10 heteroatoms. The number of nitrogens with zero attached hydrogens (tertiary/aromatic N) is 2. The molecule has 206 valence electrons. The Balaban J connectivity index is 2.05. The van der Waals surface area contributed by atoms with Gasteiger partial charge in [0.1, 0.15) is 17.5 Å². The molecule has 2 aromatic carbocycles. The molecular formula is C29H30BrClN2O5S. The number of methoxy groups -OCH3 is 1. The Hall–Kier alpha value is -2.88. The molecule has 0 amide bonds. The van der Waals surface area contributed by atoms with Gasteiger partial charge in [0, 0.05) is 20.6 Å². The second-order valence-corrected chi connectivity index (χ2v) is 11.5. The van der Waals surface area contributed by atoms with E-state index >= 15 is 0 Å². The second kappa shape index (κ2) is 12.5. The third kappa shape index (κ3) is 6.15. The summed E-state index contributed by atoms with van der Waals surface area (Å²) in [5.74, 6) is 0.634. The first-order valence-electron chi connectivity index (χ1n) is 12.7. The van der Waals surface area contributed by atoms with Crippen molar-refractivity contribution in [1.82, 2.24) is 4.57 Å². The average Bonchev–Trinajstić information content (AvgIpc) is 3.19. The number of ether oxygens (including phenoxy) is 3. The number of carbonyl (C=O) groups excluding carboxylic acids is 1. The Bertz CT molecular complexity index is 1610. The summed E-state index contributed by atoms with van der Waals surface area (Å²) in [7, 11) is 1.54. The number of hydrogen-bond donors (Lipinski definition) is 0. The maximum absolute atomic E-state index is 14.1. The minimum absolute atomic E-state index is 0.0430. The van der Waals surface area contributed by atoms with Crippen LogP contribution in [0.2, 0.25) is 5.02 Å². The van der Waals surface area contributed by atoms with Crippen LogP contribution in [-0.4, -0.2) is 30.4 Å². The number of allylic oxidation sites excluding steroid dienone is 1. The van der Waals surface area contributed by atoms with Gasteiger partial charge in [0.05, 0.1) is 35.6 Å². The Labute approximate surface area is 244 Å². The molecule has 3 aromatic rings. The molecule has 0 bridgehead atoms. The third-order valence-electron chi connectivity index (χ3n) is 6.00. The zero-order valence-corrected chi connectivity index (χ0v) is 25.6. The van der Waals surface area contributed by atoms with Gasteiger partial charge in [-0.2, -0.15) is 0 Å². The maximum Gasteiger partial charge on any atom is 0.338 e. The van der Waals surface area contributed by atoms with E-state index in [1.807, 2.05) is 39.0 Å². The highest BCUT2D eigenvalue weighted by Gasteiger charge is 2.36. The van der Waals surface area contributed by atoms with Crippen molar-refractivity contribution in [2.24, 2.45) is 4.99 Å². The van der Waals surface area contributed by atoms with Crippen molar-refractivity contribution >= 4 is 50.9 Å². The Morgan fingerprint density at radius 1 is 1.21 bits per heavy atom. The molecule has 1 aliphatic rings. The average molecular weight is 634 g/mol. The van der Waals surface area contributed by atoms with E-state index in [0.717, 1.165) is 16.5 Å². The molecule has 39 heavy (non-hydrogen) atoms. The standard InChI is InChI=1S/C29H30BrClN2O5S/c1-6-8-21-25(28(35)37-7-2)26(20-15-19(31)10-12-23(20)36-5)33-27(34)24(39-29(33)32-21)14-17-13-18(30)9-11-22(17)38-16(3)4/h9-16,26H,6-8H2,1-5H3/b24-14-/t26-/m1/s1. The van der Waals surface area contributed by atoms with E-state index in [0.29, 0.717) is 49.1 Å². The van der Waals surface area contributed by atoms with Crippen LogP contribution in [0.15, 0.2) is 61.9 Å². The van der Waals surface area contributed by atoms with E-state index in [2.05, 4.69) is 15.9 Å². The van der Waals surface area contributed by atoms with Gasteiger partial charge in [0.25, 0.3) is 5.56 Å². The number of hydrogen-bond acceptors (Lipinski definition) is 7. The lowest BCUT2D eigenvalue weighted by Gasteiger charge is -2.27. The summed E-state index contributed by atoms with van der Waals surface area (Å²) < 4.78 is 20.0. The molecule has 1 aliphatic heterocycles. The summed E-state index contributed by atoms with van der Waals surface area (Å²) >= 11 is 11.2. The van der Waals surface area contributed by atoms with Crippen LogP contribution < -0.4 is 24.4 Å². The van der Waals surface area contributed by atoms with Gasteiger partial charge in [-0.05, 0) is 69.7 Å². The number of thiazole rings is 1. The summed E-state index contributed by atoms with van der Waals surface area (Å²) in [5, 5.41) is 0.454. The Morgan fingerprint density at radius 2 is 1.95 bits per heavy atom. The van der Waals surface area contributed by atoms with Gasteiger partial charge in [-0.3, -0.25) is 9.36 Å². The summed E-state index contributed by atoms with van der Waals surface area (Å²) in [6, 6.07) is 9.99. The van der Waals surface area contributed by atoms with E-state index in [1.54, 1.807) is 38.3 Å². The molecule has 1 atom stereocenters. The van der Waals surface area contributed by atoms with Crippen LogP contribution in [0, 0.1) is 0 Å². The van der Waals surface area contributed by atoms with Gasteiger partial charge in [-0.1, -0.05) is 52.2 Å². The van der Waals surface area contributed by atoms with E-state index in [9.17, 15) is 9.59 Å². The summed E-state index contributed by atoms with van der Waals surface area (Å²) in [5.41, 5.74) is 1.93. The van der Waals surface area contributed by atoms with Crippen LogP contribution in [0.3, 0.4) is 0 Å². The molecule has 1 aromatic heterocycles. The molecular weight excluding hydrogens is 604 g/mol. The predicted molar refractivity (Wildman–Crippen MR) is 158 cm³/mol. The lowest BCUT2D eigenvalue weighted by molar-refractivity contribution is -0.139. The van der Waals surface area contributed by atoms with E-state index in [1.165, 1.54) is 15.9 Å². The second-order valence-electron chi connectivity index (χ2n) is 9.15. The van der Waals surface area contributed by atoms with Gasteiger partial charge in [0.2, 0.25) is 0 Å². The van der Waals surface area contributed by atoms with Crippen LogP contribution in [-0.2, 0) is 9.53 Å². The largest absolute Gasteiger partial charge is 0.496 e. The van der Waals surface area contributed by atoms with Crippen LogP contribution in [0.4, 0.5) is 0 Å². The van der Waals surface area contributed by atoms with Crippen molar-refractivity contribution < 1.29 is 19.0 Å². The van der Waals surface area contributed by atoms with Crippen molar-refractivity contribution in [3.8, 4) is 11.5 Å². The monoisotopic (exact) mass is 632 g/mol. The topological polar surface area (TPSA) is 79.1 Å². The van der Waals surface area contributed by atoms with Crippen molar-refractivity contribution in [3.05, 3.63) is 88.0 Å². The van der Waals surface area contributed by atoms with E-state index < -0.39 is 12.0 Å². The van der Waals surface area contributed by atoms with E-state index in [-0.39, 0.29) is 18.3 Å². The van der Waals surface area contributed by atoms with Crippen molar-refractivity contribution in [2.45, 2.75) is 52.7 Å². The minimum atomic E-state index is -0.827. The highest BCUT2D eigenvalue weighted by Crippen LogP contribution is 2.38. The zero-order valence-electron chi connectivity index (χ0n) is 22.4. The molecule has 0 unspecified atom stereocenters. The highest BCUT2D eigenvalue weighted by atomic mass is 79.9. The molecule has 0 N–H and O–H groups in total. The number of carbonyl (C=O) groups is 1. The number of aromatic nitrogens is 1. The molecule has 0 saturated heterocycles. The maximum atomic E-state index is 14.1. The lowest BCUT2D eigenvalue weighted by Crippen LogP contribution is -2.40. The zero-order chi connectivity index (χ0) is 28.3. The fraction of sp³-hybridized carbons (Fsp3) is 0.345. The normalized spacial score (nSPS) is 15.3. The number of fused-ring (bicyclic) bond motifs is 1. The predicted octanol–water partition coefficient (Wildman–Crippen LogP) is 5.79. The molecule has 0 saturated carbocycles. The molecule has 2 heterocycles. The molecule has 0 aliphatic carbocycles. The molecule has 0 spiro atoms. The van der Waals surface area contributed by atoms with Crippen molar-refractivity contribution in [2.75, 3.05) is 13.7 Å². The Morgan fingerprint density at radius 3 is 2.62 bits per heavy atom.